The average Bonchev–Trinajstić information content (AvgIpc) is 3.09. The molecule has 2 atom stereocenters. The van der Waals surface area contributed by atoms with E-state index in [4.69, 9.17) is 4.98 Å². The maximum Gasteiger partial charge on any atom is 0.186 e. The molecular formula is C25H32N4S. The fourth-order valence-corrected chi connectivity index (χ4v) is 5.21. The number of thiazole rings is 1. The molecule has 2 unspecified atom stereocenters. The Hall–Kier alpha value is -2.37. The molecule has 1 aliphatic carbocycles. The fourth-order valence-electron chi connectivity index (χ4n) is 4.24. The standard InChI is InChI=1S/C25H32N4S/c1-5-17(2)6-9-21-12-22-19(13-26-4)15-29(16-20(22)14-27-21)25-28-23-10-7-18(3)8-11-24(23)30-25/h5-11,18-19,26-27H,1,12-16H2,2-4H3/b17-6-,21-9+. The van der Waals surface area contributed by atoms with Gasteiger partial charge in [0.25, 0.3) is 0 Å². The molecule has 0 radical (unpaired) electrons. The summed E-state index contributed by atoms with van der Waals surface area (Å²) in [5, 5.41) is 8.19. The summed E-state index contributed by atoms with van der Waals surface area (Å²) < 4.78 is 0. The summed E-state index contributed by atoms with van der Waals surface area (Å²) in [6, 6.07) is 0. The summed E-state index contributed by atoms with van der Waals surface area (Å²) in [5.74, 6) is 0.974. The zero-order valence-corrected chi connectivity index (χ0v) is 19.1. The van der Waals surface area contributed by atoms with Gasteiger partial charge < -0.3 is 15.5 Å². The van der Waals surface area contributed by atoms with Gasteiger partial charge in [0.1, 0.15) is 0 Å². The second-order valence-electron chi connectivity index (χ2n) is 8.42. The van der Waals surface area contributed by atoms with E-state index in [2.05, 4.69) is 79.5 Å². The molecule has 30 heavy (non-hydrogen) atoms. The summed E-state index contributed by atoms with van der Waals surface area (Å²) in [7, 11) is 2.05. The number of anilines is 1. The van der Waals surface area contributed by atoms with Crippen molar-refractivity contribution in [3.05, 3.63) is 69.9 Å². The maximum atomic E-state index is 4.99. The van der Waals surface area contributed by atoms with Crippen LogP contribution in [0.4, 0.5) is 5.13 Å². The number of rotatable bonds is 5. The van der Waals surface area contributed by atoms with Crippen molar-refractivity contribution in [3.63, 3.8) is 0 Å². The van der Waals surface area contributed by atoms with Gasteiger partial charge in [-0.2, -0.15) is 0 Å². The minimum Gasteiger partial charge on any atom is -0.384 e. The lowest BCUT2D eigenvalue weighted by Crippen LogP contribution is -2.45. The quantitative estimate of drug-likeness (QED) is 0.531. The first kappa shape index (κ1) is 20.9. The molecule has 1 aromatic rings. The second-order valence-corrected chi connectivity index (χ2v) is 9.43. The van der Waals surface area contributed by atoms with Crippen molar-refractivity contribution in [1.82, 2.24) is 15.6 Å². The van der Waals surface area contributed by atoms with Crippen LogP contribution in [0.1, 0.15) is 30.8 Å². The topological polar surface area (TPSA) is 40.2 Å². The molecule has 0 saturated heterocycles. The van der Waals surface area contributed by atoms with Gasteiger partial charge in [-0.15, -0.1) is 0 Å². The highest BCUT2D eigenvalue weighted by Crippen LogP contribution is 2.37. The third-order valence-electron chi connectivity index (χ3n) is 6.05. The highest BCUT2D eigenvalue weighted by atomic mass is 32.1. The Morgan fingerprint density at radius 3 is 3.03 bits per heavy atom. The Labute approximate surface area is 184 Å². The van der Waals surface area contributed by atoms with E-state index in [-0.39, 0.29) is 0 Å². The predicted molar refractivity (Wildman–Crippen MR) is 131 cm³/mol. The third kappa shape index (κ3) is 4.52. The smallest absolute Gasteiger partial charge is 0.186 e. The molecule has 4 rings (SSSR count). The van der Waals surface area contributed by atoms with Gasteiger partial charge in [0, 0.05) is 44.2 Å². The molecule has 158 valence electrons. The van der Waals surface area contributed by atoms with Gasteiger partial charge in [-0.3, -0.25) is 0 Å². The molecule has 2 N–H and O–H groups in total. The average molecular weight is 421 g/mol. The summed E-state index contributed by atoms with van der Waals surface area (Å²) in [6.07, 6.45) is 16.2. The molecule has 0 amide bonds. The predicted octanol–water partition coefficient (Wildman–Crippen LogP) is 4.78. The minimum absolute atomic E-state index is 0.471. The highest BCUT2D eigenvalue weighted by Gasteiger charge is 2.31. The number of hydrogen-bond donors (Lipinski definition) is 2. The van der Waals surface area contributed by atoms with E-state index in [0.29, 0.717) is 11.8 Å². The van der Waals surface area contributed by atoms with Crippen molar-refractivity contribution in [2.45, 2.75) is 20.3 Å². The van der Waals surface area contributed by atoms with Gasteiger partial charge >= 0.3 is 0 Å². The van der Waals surface area contributed by atoms with E-state index in [1.165, 1.54) is 21.7 Å². The first-order valence-corrected chi connectivity index (χ1v) is 11.6. The molecule has 0 fully saturated rings. The Morgan fingerprint density at radius 2 is 2.23 bits per heavy atom. The number of fused-ring (bicyclic) bond motifs is 1. The molecule has 0 saturated carbocycles. The Morgan fingerprint density at radius 1 is 1.40 bits per heavy atom. The summed E-state index contributed by atoms with van der Waals surface area (Å²) in [5.41, 5.74) is 6.72. The van der Waals surface area contributed by atoms with Gasteiger partial charge in [-0.05, 0) is 43.7 Å². The molecule has 0 aromatic carbocycles. The van der Waals surface area contributed by atoms with E-state index >= 15 is 0 Å². The zero-order valence-electron chi connectivity index (χ0n) is 18.2. The lowest BCUT2D eigenvalue weighted by Gasteiger charge is -2.39. The SMILES string of the molecule is C=C/C(C)=C\C=C1/CC2=C(CN1)CN(c1nc3c(s1)C=CC(C)C=C3)CC2CNC. The summed E-state index contributed by atoms with van der Waals surface area (Å²) in [6.45, 7) is 12.0. The number of nitrogens with zero attached hydrogens (tertiary/aromatic N) is 2. The van der Waals surface area contributed by atoms with Gasteiger partial charge in [0.15, 0.2) is 5.13 Å². The number of hydrogen-bond acceptors (Lipinski definition) is 5. The van der Waals surface area contributed by atoms with E-state index in [1.807, 2.05) is 17.4 Å². The number of nitrogens with one attached hydrogen (secondary N) is 2. The monoisotopic (exact) mass is 420 g/mol. The van der Waals surface area contributed by atoms with E-state index in [1.54, 1.807) is 5.57 Å². The molecule has 2 aliphatic heterocycles. The lowest BCUT2D eigenvalue weighted by molar-refractivity contribution is 0.498. The van der Waals surface area contributed by atoms with Crippen LogP contribution in [0.15, 0.2) is 59.4 Å². The van der Waals surface area contributed by atoms with Crippen LogP contribution in [0.2, 0.25) is 0 Å². The fraction of sp³-hybridized carbons (Fsp3) is 0.400. The van der Waals surface area contributed by atoms with Crippen LogP contribution in [-0.4, -0.2) is 38.2 Å². The van der Waals surface area contributed by atoms with E-state index in [0.717, 1.165) is 43.4 Å². The molecule has 4 nitrogen and oxygen atoms in total. The van der Waals surface area contributed by atoms with Gasteiger partial charge in [0.2, 0.25) is 0 Å². The molecule has 0 spiro atoms. The molecule has 3 aliphatic rings. The van der Waals surface area contributed by atoms with Crippen LogP contribution in [-0.2, 0) is 0 Å². The minimum atomic E-state index is 0.471. The normalized spacial score (nSPS) is 25.1. The molecule has 0 bridgehead atoms. The highest BCUT2D eigenvalue weighted by molar-refractivity contribution is 7.16. The summed E-state index contributed by atoms with van der Waals surface area (Å²) in [4.78, 5) is 8.73. The second kappa shape index (κ2) is 9.19. The van der Waals surface area contributed by atoms with Crippen LogP contribution < -0.4 is 15.5 Å². The van der Waals surface area contributed by atoms with E-state index in [9.17, 15) is 0 Å². The van der Waals surface area contributed by atoms with E-state index < -0.39 is 0 Å². The molecule has 5 heteroatoms. The first-order chi connectivity index (χ1) is 14.6. The van der Waals surface area contributed by atoms with Crippen molar-refractivity contribution in [1.29, 1.82) is 0 Å². The third-order valence-corrected chi connectivity index (χ3v) is 7.15. The van der Waals surface area contributed by atoms with Crippen LogP contribution in [0.25, 0.3) is 12.2 Å². The molecular weight excluding hydrogens is 388 g/mol. The number of allylic oxidation sites excluding steroid dienone is 7. The molecule has 3 heterocycles. The van der Waals surface area contributed by atoms with Crippen molar-refractivity contribution in [2.75, 3.05) is 38.1 Å². The zero-order chi connectivity index (χ0) is 21.1. The van der Waals surface area contributed by atoms with Crippen molar-refractivity contribution >= 4 is 28.6 Å². The van der Waals surface area contributed by atoms with Crippen LogP contribution >= 0.6 is 11.3 Å². The summed E-state index contributed by atoms with van der Waals surface area (Å²) >= 11 is 1.82. The van der Waals surface area contributed by atoms with Crippen molar-refractivity contribution in [2.24, 2.45) is 11.8 Å². The number of aromatic nitrogens is 1. The Bertz CT molecular complexity index is 928. The largest absolute Gasteiger partial charge is 0.384 e. The first-order valence-electron chi connectivity index (χ1n) is 10.8. The maximum absolute atomic E-state index is 4.99. The van der Waals surface area contributed by atoms with Crippen LogP contribution in [0.3, 0.4) is 0 Å². The lowest BCUT2D eigenvalue weighted by atomic mass is 9.84. The Balaban J connectivity index is 1.57. The molecule has 1 aromatic heterocycles. The van der Waals surface area contributed by atoms with Gasteiger partial charge in [0.05, 0.1) is 10.6 Å². The van der Waals surface area contributed by atoms with Crippen molar-refractivity contribution < 1.29 is 0 Å². The van der Waals surface area contributed by atoms with Crippen molar-refractivity contribution in [3.8, 4) is 0 Å². The van der Waals surface area contributed by atoms with Crippen LogP contribution in [0, 0.1) is 11.8 Å². The van der Waals surface area contributed by atoms with Gasteiger partial charge in [-0.25, -0.2) is 4.98 Å². The van der Waals surface area contributed by atoms with Crippen LogP contribution in [0.5, 0.6) is 0 Å². The van der Waals surface area contributed by atoms with Gasteiger partial charge in [-0.1, -0.05) is 60.3 Å². The Kier molecular flexibility index (Phi) is 6.40.